The zero-order valence-corrected chi connectivity index (χ0v) is 13.5. The van der Waals surface area contributed by atoms with Gasteiger partial charge in [0.05, 0.1) is 6.61 Å². The highest BCUT2D eigenvalue weighted by Crippen LogP contribution is 2.27. The van der Waals surface area contributed by atoms with Crippen molar-refractivity contribution in [3.63, 3.8) is 0 Å². The molecule has 0 aromatic heterocycles. The van der Waals surface area contributed by atoms with Crippen molar-refractivity contribution in [2.24, 2.45) is 0 Å². The Morgan fingerprint density at radius 3 is 2.24 bits per heavy atom. The van der Waals surface area contributed by atoms with Gasteiger partial charge in [-0.25, -0.2) is 0 Å². The molecule has 0 amide bonds. The second-order valence-electron chi connectivity index (χ2n) is 5.81. The molecule has 0 aliphatic carbocycles. The van der Waals surface area contributed by atoms with Crippen molar-refractivity contribution in [2.45, 2.75) is 20.0 Å². The lowest BCUT2D eigenvalue weighted by Crippen LogP contribution is -2.20. The highest BCUT2D eigenvalue weighted by Gasteiger charge is 2.15. The maximum atomic E-state index is 6.18. The molecule has 112 valence electrons. The average molecular weight is 283 g/mol. The summed E-state index contributed by atoms with van der Waals surface area (Å²) in [7, 11) is 4.13. The lowest BCUT2D eigenvalue weighted by atomic mass is 9.98. The zero-order valence-electron chi connectivity index (χ0n) is 13.5. The molecule has 0 heterocycles. The Balaban J connectivity index is 2.24. The Hall–Kier alpha value is -1.64. The fourth-order valence-electron chi connectivity index (χ4n) is 2.29. The summed E-state index contributed by atoms with van der Waals surface area (Å²) < 4.78 is 6.18. The van der Waals surface area contributed by atoms with Crippen LogP contribution in [0.1, 0.15) is 28.4 Å². The molecule has 2 nitrogen and oxygen atoms in total. The van der Waals surface area contributed by atoms with E-state index in [1.807, 2.05) is 6.07 Å². The summed E-state index contributed by atoms with van der Waals surface area (Å²) in [6.07, 6.45) is 0.00505. The molecule has 2 aromatic carbocycles. The van der Waals surface area contributed by atoms with Crippen LogP contribution < -0.4 is 0 Å². The first-order valence-corrected chi connectivity index (χ1v) is 7.46. The topological polar surface area (TPSA) is 12.5 Å². The van der Waals surface area contributed by atoms with Gasteiger partial charge in [0.15, 0.2) is 0 Å². The monoisotopic (exact) mass is 283 g/mol. The van der Waals surface area contributed by atoms with Crippen molar-refractivity contribution in [3.05, 3.63) is 70.8 Å². The van der Waals surface area contributed by atoms with Crippen molar-refractivity contribution in [1.82, 2.24) is 4.90 Å². The Morgan fingerprint density at radius 1 is 0.905 bits per heavy atom. The van der Waals surface area contributed by atoms with Crippen molar-refractivity contribution in [1.29, 1.82) is 0 Å². The number of nitrogens with zero attached hydrogens (tertiary/aromatic N) is 1. The van der Waals surface area contributed by atoms with Crippen LogP contribution in [0.3, 0.4) is 0 Å². The summed E-state index contributed by atoms with van der Waals surface area (Å²) in [5.41, 5.74) is 5.06. The van der Waals surface area contributed by atoms with E-state index in [-0.39, 0.29) is 6.10 Å². The Bertz CT molecular complexity index is 563. The van der Waals surface area contributed by atoms with Gasteiger partial charge in [-0.2, -0.15) is 0 Å². The minimum absolute atomic E-state index is 0.00505. The van der Waals surface area contributed by atoms with E-state index in [9.17, 15) is 0 Å². The van der Waals surface area contributed by atoms with Gasteiger partial charge in [-0.1, -0.05) is 48.5 Å². The molecule has 0 bridgehead atoms. The molecule has 2 aromatic rings. The number of benzene rings is 2. The van der Waals surface area contributed by atoms with E-state index in [2.05, 4.69) is 75.3 Å². The molecule has 0 saturated carbocycles. The lowest BCUT2D eigenvalue weighted by molar-refractivity contribution is 0.0687. The van der Waals surface area contributed by atoms with Crippen LogP contribution in [0.15, 0.2) is 48.5 Å². The molecule has 0 aliphatic rings. The van der Waals surface area contributed by atoms with E-state index in [4.69, 9.17) is 4.74 Å². The van der Waals surface area contributed by atoms with Gasteiger partial charge in [0.25, 0.3) is 0 Å². The smallest absolute Gasteiger partial charge is 0.108 e. The molecule has 21 heavy (non-hydrogen) atoms. The second kappa shape index (κ2) is 7.39. The Labute approximate surface area is 128 Å². The number of rotatable bonds is 6. The molecule has 0 N–H and O–H groups in total. The summed E-state index contributed by atoms with van der Waals surface area (Å²) in [4.78, 5) is 2.14. The highest BCUT2D eigenvalue weighted by molar-refractivity contribution is 5.36. The number of ether oxygens (including phenoxy) is 1. The van der Waals surface area contributed by atoms with Gasteiger partial charge < -0.3 is 9.64 Å². The number of aryl methyl sites for hydroxylation is 2. The Kier molecular flexibility index (Phi) is 5.54. The van der Waals surface area contributed by atoms with E-state index in [0.29, 0.717) is 0 Å². The van der Waals surface area contributed by atoms with Gasteiger partial charge in [0, 0.05) is 6.54 Å². The zero-order chi connectivity index (χ0) is 15.2. The molecule has 2 heteroatoms. The van der Waals surface area contributed by atoms with Crippen molar-refractivity contribution < 1.29 is 4.74 Å². The molecule has 1 atom stereocenters. The van der Waals surface area contributed by atoms with Crippen LogP contribution in [0.4, 0.5) is 0 Å². The van der Waals surface area contributed by atoms with E-state index < -0.39 is 0 Å². The summed E-state index contributed by atoms with van der Waals surface area (Å²) in [6.45, 7) is 5.94. The van der Waals surface area contributed by atoms with Crippen molar-refractivity contribution >= 4 is 0 Å². The van der Waals surface area contributed by atoms with Gasteiger partial charge in [0.1, 0.15) is 6.10 Å². The maximum absolute atomic E-state index is 6.18. The van der Waals surface area contributed by atoms with Crippen LogP contribution in [0, 0.1) is 13.8 Å². The molecule has 0 saturated heterocycles. The predicted molar refractivity (Wildman–Crippen MR) is 88.7 cm³/mol. The summed E-state index contributed by atoms with van der Waals surface area (Å²) in [5, 5.41) is 0. The first kappa shape index (κ1) is 15.7. The highest BCUT2D eigenvalue weighted by atomic mass is 16.5. The molecular weight excluding hydrogens is 258 g/mol. The largest absolute Gasteiger partial charge is 0.367 e. The quantitative estimate of drug-likeness (QED) is 0.795. The van der Waals surface area contributed by atoms with E-state index in [1.54, 1.807) is 0 Å². The molecule has 0 aliphatic heterocycles. The predicted octanol–water partition coefficient (Wildman–Crippen LogP) is 3.97. The lowest BCUT2D eigenvalue weighted by Gasteiger charge is -2.21. The number of hydrogen-bond acceptors (Lipinski definition) is 2. The summed E-state index contributed by atoms with van der Waals surface area (Å²) >= 11 is 0. The fourth-order valence-corrected chi connectivity index (χ4v) is 2.29. The summed E-state index contributed by atoms with van der Waals surface area (Å²) in [5.74, 6) is 0. The standard InChI is InChI=1S/C19H25NO/c1-15-10-11-18(14-16(15)2)19(21-13-12-20(3)4)17-8-6-5-7-9-17/h5-11,14,19H,12-13H2,1-4H3/t19-/m1/s1. The van der Waals surface area contributed by atoms with Gasteiger partial charge in [0.2, 0.25) is 0 Å². The third-order valence-electron chi connectivity index (χ3n) is 3.76. The second-order valence-corrected chi connectivity index (χ2v) is 5.81. The molecule has 0 radical (unpaired) electrons. The first-order valence-electron chi connectivity index (χ1n) is 7.46. The number of likely N-dealkylation sites (N-methyl/N-ethyl adjacent to an activating group) is 1. The van der Waals surface area contributed by atoms with Crippen LogP contribution >= 0.6 is 0 Å². The van der Waals surface area contributed by atoms with Crippen molar-refractivity contribution in [2.75, 3.05) is 27.2 Å². The first-order chi connectivity index (χ1) is 10.1. The maximum Gasteiger partial charge on any atom is 0.108 e. The SMILES string of the molecule is Cc1ccc([C@H](OCCN(C)C)c2ccccc2)cc1C. The molecule has 0 fully saturated rings. The van der Waals surface area contributed by atoms with Crippen LogP contribution in [-0.2, 0) is 4.74 Å². The van der Waals surface area contributed by atoms with E-state index in [1.165, 1.54) is 22.3 Å². The van der Waals surface area contributed by atoms with Crippen molar-refractivity contribution in [3.8, 4) is 0 Å². The van der Waals surface area contributed by atoms with Crippen LogP contribution in [0.25, 0.3) is 0 Å². The van der Waals surface area contributed by atoms with E-state index in [0.717, 1.165) is 13.2 Å². The van der Waals surface area contributed by atoms with E-state index >= 15 is 0 Å². The van der Waals surface area contributed by atoms with Gasteiger partial charge in [-0.05, 0) is 50.2 Å². The third-order valence-corrected chi connectivity index (χ3v) is 3.76. The molecule has 2 rings (SSSR count). The minimum Gasteiger partial charge on any atom is -0.367 e. The number of hydrogen-bond donors (Lipinski definition) is 0. The molecule has 0 spiro atoms. The average Bonchev–Trinajstić information content (AvgIpc) is 2.47. The van der Waals surface area contributed by atoms with Crippen LogP contribution in [-0.4, -0.2) is 32.1 Å². The van der Waals surface area contributed by atoms with Gasteiger partial charge in [-0.15, -0.1) is 0 Å². The Morgan fingerprint density at radius 2 is 1.62 bits per heavy atom. The fraction of sp³-hybridized carbons (Fsp3) is 0.368. The third kappa shape index (κ3) is 4.42. The molecule has 0 unspecified atom stereocenters. The van der Waals surface area contributed by atoms with Crippen LogP contribution in [0.2, 0.25) is 0 Å². The van der Waals surface area contributed by atoms with Gasteiger partial charge in [-0.3, -0.25) is 0 Å². The molecular formula is C19H25NO. The van der Waals surface area contributed by atoms with Crippen LogP contribution in [0.5, 0.6) is 0 Å². The van der Waals surface area contributed by atoms with Gasteiger partial charge >= 0.3 is 0 Å². The minimum atomic E-state index is 0.00505. The normalized spacial score (nSPS) is 12.6. The summed E-state index contributed by atoms with van der Waals surface area (Å²) in [6, 6.07) is 17.0.